The van der Waals surface area contributed by atoms with Crippen molar-refractivity contribution in [1.29, 1.82) is 0 Å². The molecule has 2 aromatic rings. The fourth-order valence-corrected chi connectivity index (χ4v) is 3.46. The molecule has 2 heterocycles. The minimum Gasteiger partial charge on any atom is -0.462 e. The van der Waals surface area contributed by atoms with E-state index in [2.05, 4.69) is 5.32 Å². The van der Waals surface area contributed by atoms with Gasteiger partial charge in [-0.15, -0.1) is 0 Å². The molecule has 2 amide bonds. The summed E-state index contributed by atoms with van der Waals surface area (Å²) in [6, 6.07) is 11.1. The normalized spacial score (nSPS) is 17.4. The van der Waals surface area contributed by atoms with Gasteiger partial charge in [0.05, 0.1) is 18.2 Å². The number of carbonyl (C=O) groups is 2. The van der Waals surface area contributed by atoms with Crippen molar-refractivity contribution in [3.05, 3.63) is 69.6 Å². The summed E-state index contributed by atoms with van der Waals surface area (Å²) in [6.07, 6.45) is 0.657. The summed E-state index contributed by atoms with van der Waals surface area (Å²) in [4.78, 5) is 26.3. The quantitative estimate of drug-likeness (QED) is 0.834. The Bertz CT molecular complexity index is 784. The molecule has 25 heavy (non-hydrogen) atoms. The van der Waals surface area contributed by atoms with Gasteiger partial charge in [0.1, 0.15) is 0 Å². The Morgan fingerprint density at radius 2 is 2.04 bits per heavy atom. The predicted molar refractivity (Wildman–Crippen MR) is 97.2 cm³/mol. The molecular formula is C19H20N2O3S. The molecule has 0 spiro atoms. The molecule has 0 fully saturated rings. The molecule has 1 aliphatic heterocycles. The highest BCUT2D eigenvalue weighted by Gasteiger charge is 2.35. The van der Waals surface area contributed by atoms with Gasteiger partial charge in [-0.25, -0.2) is 9.59 Å². The van der Waals surface area contributed by atoms with Crippen LogP contribution in [0.3, 0.4) is 0 Å². The molecule has 1 aromatic heterocycles. The number of ether oxygens (including phenoxy) is 1. The molecule has 1 aliphatic rings. The van der Waals surface area contributed by atoms with Crippen LogP contribution in [0.25, 0.3) is 0 Å². The number of carbonyl (C=O) groups excluding carboxylic acids is 2. The predicted octanol–water partition coefficient (Wildman–Crippen LogP) is 3.50. The fraction of sp³-hybridized carbons (Fsp3) is 0.263. The van der Waals surface area contributed by atoms with Gasteiger partial charge in [-0.1, -0.05) is 30.3 Å². The number of nitrogens with one attached hydrogen (secondary N) is 1. The highest BCUT2D eigenvalue weighted by atomic mass is 32.1. The van der Waals surface area contributed by atoms with Crippen molar-refractivity contribution >= 4 is 23.3 Å². The lowest BCUT2D eigenvalue weighted by molar-refractivity contribution is -0.139. The van der Waals surface area contributed by atoms with Crippen LogP contribution >= 0.6 is 11.3 Å². The van der Waals surface area contributed by atoms with Gasteiger partial charge in [-0.3, -0.25) is 0 Å². The smallest absolute Gasteiger partial charge is 0.338 e. The molecule has 0 bridgehead atoms. The summed E-state index contributed by atoms with van der Waals surface area (Å²) in [5, 5.41) is 6.73. The number of thiophene rings is 1. The number of hydrogen-bond donors (Lipinski definition) is 1. The van der Waals surface area contributed by atoms with Crippen LogP contribution in [0, 0.1) is 0 Å². The van der Waals surface area contributed by atoms with Gasteiger partial charge in [0.15, 0.2) is 0 Å². The van der Waals surface area contributed by atoms with E-state index in [9.17, 15) is 9.59 Å². The number of rotatable bonds is 5. The summed E-state index contributed by atoms with van der Waals surface area (Å²) in [5.74, 6) is -0.392. The van der Waals surface area contributed by atoms with E-state index >= 15 is 0 Å². The van der Waals surface area contributed by atoms with Gasteiger partial charge >= 0.3 is 12.0 Å². The van der Waals surface area contributed by atoms with E-state index in [1.807, 2.05) is 47.2 Å². The van der Waals surface area contributed by atoms with Crippen LogP contribution in [-0.2, 0) is 16.0 Å². The molecule has 130 valence electrons. The Morgan fingerprint density at radius 1 is 1.28 bits per heavy atom. The number of hydrogen-bond acceptors (Lipinski definition) is 4. The van der Waals surface area contributed by atoms with E-state index in [0.29, 0.717) is 24.3 Å². The summed E-state index contributed by atoms with van der Waals surface area (Å²) >= 11 is 1.53. The van der Waals surface area contributed by atoms with Crippen LogP contribution in [0.5, 0.6) is 0 Å². The molecule has 3 rings (SSSR count). The van der Waals surface area contributed by atoms with Gasteiger partial charge in [-0.05, 0) is 34.9 Å². The van der Waals surface area contributed by atoms with Crippen LogP contribution in [-0.4, -0.2) is 30.6 Å². The molecule has 6 heteroatoms. The molecule has 1 N–H and O–H groups in total. The highest BCUT2D eigenvalue weighted by Crippen LogP contribution is 2.31. The lowest BCUT2D eigenvalue weighted by Crippen LogP contribution is -2.46. The van der Waals surface area contributed by atoms with Crippen molar-refractivity contribution in [2.75, 3.05) is 13.7 Å². The molecule has 0 unspecified atom stereocenters. The number of nitrogens with zero attached hydrogens (tertiary/aromatic N) is 1. The van der Waals surface area contributed by atoms with Crippen molar-refractivity contribution in [2.24, 2.45) is 0 Å². The lowest BCUT2D eigenvalue weighted by atomic mass is 9.97. The van der Waals surface area contributed by atoms with E-state index in [0.717, 1.165) is 11.1 Å². The Balaban J connectivity index is 1.76. The molecule has 0 saturated heterocycles. The second-order valence-corrected chi connectivity index (χ2v) is 6.65. The maximum Gasteiger partial charge on any atom is 0.338 e. The molecule has 5 nitrogen and oxygen atoms in total. The zero-order valence-corrected chi connectivity index (χ0v) is 15.0. The minimum absolute atomic E-state index is 0.227. The Kier molecular flexibility index (Phi) is 5.19. The SMILES string of the molecule is CC1=C(C(=O)OCCc2ccccc2)[C@@H](c2ccsc2)NC(=O)N1C. The molecule has 0 saturated carbocycles. The van der Waals surface area contributed by atoms with E-state index in [4.69, 9.17) is 4.74 Å². The number of amides is 2. The molecular weight excluding hydrogens is 336 g/mol. The first kappa shape index (κ1) is 17.2. The van der Waals surface area contributed by atoms with Crippen LogP contribution in [0.15, 0.2) is 58.4 Å². The third kappa shape index (κ3) is 3.74. The first-order valence-electron chi connectivity index (χ1n) is 8.06. The van der Waals surface area contributed by atoms with Crippen LogP contribution in [0.4, 0.5) is 4.79 Å². The second kappa shape index (κ2) is 7.53. The van der Waals surface area contributed by atoms with Crippen molar-refractivity contribution in [3.8, 4) is 0 Å². The second-order valence-electron chi connectivity index (χ2n) is 5.87. The maximum absolute atomic E-state index is 12.7. The monoisotopic (exact) mass is 356 g/mol. The molecule has 1 atom stereocenters. The molecule has 0 aliphatic carbocycles. The third-order valence-corrected chi connectivity index (χ3v) is 5.02. The van der Waals surface area contributed by atoms with Crippen molar-refractivity contribution in [1.82, 2.24) is 10.2 Å². The van der Waals surface area contributed by atoms with Gasteiger partial charge in [-0.2, -0.15) is 11.3 Å². The minimum atomic E-state index is -0.473. The van der Waals surface area contributed by atoms with Gasteiger partial charge in [0, 0.05) is 19.2 Å². The summed E-state index contributed by atoms with van der Waals surface area (Å²) in [6.45, 7) is 2.07. The fourth-order valence-electron chi connectivity index (χ4n) is 2.77. The van der Waals surface area contributed by atoms with E-state index in [-0.39, 0.29) is 6.03 Å². The van der Waals surface area contributed by atoms with Crippen LogP contribution in [0.2, 0.25) is 0 Å². The Morgan fingerprint density at radius 3 is 2.72 bits per heavy atom. The van der Waals surface area contributed by atoms with Gasteiger partial charge < -0.3 is 15.0 Å². The first-order valence-corrected chi connectivity index (χ1v) is 9.00. The molecule has 0 radical (unpaired) electrons. The average Bonchev–Trinajstić information content (AvgIpc) is 3.14. The van der Waals surface area contributed by atoms with Crippen molar-refractivity contribution < 1.29 is 14.3 Å². The first-order chi connectivity index (χ1) is 12.1. The van der Waals surface area contributed by atoms with Crippen LogP contribution < -0.4 is 5.32 Å². The zero-order chi connectivity index (χ0) is 17.8. The summed E-state index contributed by atoms with van der Waals surface area (Å²) in [7, 11) is 1.64. The number of esters is 1. The van der Waals surface area contributed by atoms with Gasteiger partial charge in [0.25, 0.3) is 0 Å². The molecule has 1 aromatic carbocycles. The zero-order valence-electron chi connectivity index (χ0n) is 14.2. The highest BCUT2D eigenvalue weighted by molar-refractivity contribution is 7.08. The Labute approximate surface area is 150 Å². The lowest BCUT2D eigenvalue weighted by Gasteiger charge is -2.32. The summed E-state index contributed by atoms with van der Waals surface area (Å²) < 4.78 is 5.50. The number of urea groups is 1. The largest absolute Gasteiger partial charge is 0.462 e. The third-order valence-electron chi connectivity index (χ3n) is 4.32. The summed E-state index contributed by atoms with van der Waals surface area (Å²) in [5.41, 5.74) is 3.10. The maximum atomic E-state index is 12.7. The standard InChI is InChI=1S/C19H20N2O3S/c1-13-16(18(22)24-10-8-14-6-4-3-5-7-14)17(15-9-11-25-12-15)20-19(23)21(13)2/h3-7,9,11-12,17H,8,10H2,1-2H3,(H,20,23)/t17-/m1/s1. The van der Waals surface area contributed by atoms with Crippen molar-refractivity contribution in [3.63, 3.8) is 0 Å². The average molecular weight is 356 g/mol. The number of allylic oxidation sites excluding steroid dienone is 1. The Hall–Kier alpha value is -2.60. The number of benzene rings is 1. The van der Waals surface area contributed by atoms with E-state index in [1.54, 1.807) is 14.0 Å². The van der Waals surface area contributed by atoms with Crippen LogP contribution in [0.1, 0.15) is 24.1 Å². The van der Waals surface area contributed by atoms with Crippen molar-refractivity contribution in [2.45, 2.75) is 19.4 Å². The topological polar surface area (TPSA) is 58.6 Å². The van der Waals surface area contributed by atoms with Gasteiger partial charge in [0.2, 0.25) is 0 Å². The van der Waals surface area contributed by atoms with E-state index in [1.165, 1.54) is 16.2 Å². The van der Waals surface area contributed by atoms with E-state index < -0.39 is 12.0 Å².